The van der Waals surface area contributed by atoms with E-state index in [2.05, 4.69) is 30.4 Å². The van der Waals surface area contributed by atoms with Crippen LogP contribution >= 0.6 is 0 Å². The number of pyridine rings is 1. The molecule has 9 rings (SSSR count). The van der Waals surface area contributed by atoms with Gasteiger partial charge in [0.25, 0.3) is 5.56 Å². The van der Waals surface area contributed by atoms with Crippen LogP contribution in [0.25, 0.3) is 28.0 Å². The van der Waals surface area contributed by atoms with Crippen molar-refractivity contribution in [2.75, 3.05) is 38.0 Å². The number of nitrogens with zero attached hydrogens (tertiary/aromatic N) is 6. The van der Waals surface area contributed by atoms with Crippen LogP contribution in [-0.4, -0.2) is 85.4 Å². The highest BCUT2D eigenvalue weighted by Gasteiger charge is 2.34. The number of hydrogen-bond acceptors (Lipinski definition) is 10. The first-order valence-electron chi connectivity index (χ1n) is 21.7. The molecule has 15 heteroatoms. The van der Waals surface area contributed by atoms with Gasteiger partial charge in [-0.25, -0.2) is 19.2 Å². The Labute approximate surface area is 352 Å². The lowest BCUT2D eigenvalue weighted by atomic mass is 9.84. The standard InChI is InChI=1S/C46H51FN8O6/c47-36-28-48-45(51-42(36)33-4-3-5-35(26-33)54-20-2-1-6-41(54)57)49-34-10-7-31(8-11-34)44(59)53-24-16-29(17-25-53)15-21-52-22-18-30(19-23-52)32-9-12-37-39(27-32)61-46(60)55(37)38-13-14-40(56)50-43(38)58/h1-6,9,12,20,26-31,34,38H,7-8,10-11,13-19,21-25H2,(H,48,49,51)(H,50,56,58)/t31-,34-,38?. The molecule has 2 N–H and O–H groups in total. The van der Waals surface area contributed by atoms with E-state index in [0.717, 1.165) is 96.1 Å². The quantitative estimate of drug-likeness (QED) is 0.165. The molecule has 318 valence electrons. The molecule has 1 unspecified atom stereocenters. The van der Waals surface area contributed by atoms with Crippen LogP contribution in [0.15, 0.2) is 87.1 Å². The number of fused-ring (bicyclic) bond motifs is 1. The zero-order valence-electron chi connectivity index (χ0n) is 34.1. The Kier molecular flexibility index (Phi) is 11.6. The Hall–Kier alpha value is -5.96. The molecule has 1 aliphatic carbocycles. The maximum absolute atomic E-state index is 15.0. The van der Waals surface area contributed by atoms with Crippen molar-refractivity contribution in [2.24, 2.45) is 11.8 Å². The molecule has 61 heavy (non-hydrogen) atoms. The van der Waals surface area contributed by atoms with Gasteiger partial charge in [-0.2, -0.15) is 0 Å². The molecule has 3 amide bonds. The summed E-state index contributed by atoms with van der Waals surface area (Å²) in [7, 11) is 0. The maximum Gasteiger partial charge on any atom is 0.420 e. The van der Waals surface area contributed by atoms with Gasteiger partial charge in [0.15, 0.2) is 11.4 Å². The molecule has 0 bridgehead atoms. The summed E-state index contributed by atoms with van der Waals surface area (Å²) in [6, 6.07) is 17.2. The number of halogens is 1. The number of carbonyl (C=O) groups excluding carboxylic acids is 3. The number of hydrogen-bond donors (Lipinski definition) is 2. The average Bonchev–Trinajstić information content (AvgIpc) is 3.61. The first-order valence-corrected chi connectivity index (χ1v) is 21.7. The van der Waals surface area contributed by atoms with Crippen LogP contribution in [0.4, 0.5) is 10.3 Å². The van der Waals surface area contributed by atoms with Crippen molar-refractivity contribution in [3.05, 3.63) is 105 Å². The van der Waals surface area contributed by atoms with Gasteiger partial charge < -0.3 is 19.5 Å². The number of likely N-dealkylation sites (tertiary alicyclic amines) is 2. The monoisotopic (exact) mass is 830 g/mol. The Balaban J connectivity index is 0.703. The van der Waals surface area contributed by atoms with E-state index in [4.69, 9.17) is 4.42 Å². The molecule has 0 radical (unpaired) electrons. The lowest BCUT2D eigenvalue weighted by molar-refractivity contribution is -0.138. The highest BCUT2D eigenvalue weighted by atomic mass is 19.1. The summed E-state index contributed by atoms with van der Waals surface area (Å²) in [5.41, 5.74) is 3.32. The summed E-state index contributed by atoms with van der Waals surface area (Å²) in [5.74, 6) is -0.347. The first-order chi connectivity index (χ1) is 29.7. The fraction of sp³-hybridized carbons (Fsp3) is 0.457. The third-order valence-corrected chi connectivity index (χ3v) is 13.4. The van der Waals surface area contributed by atoms with Crippen molar-refractivity contribution in [2.45, 2.75) is 88.6 Å². The molecular formula is C46H51FN8O6. The second-order valence-corrected chi connectivity index (χ2v) is 17.1. The lowest BCUT2D eigenvalue weighted by Gasteiger charge is -2.37. The van der Waals surface area contributed by atoms with Gasteiger partial charge in [-0.3, -0.25) is 33.6 Å². The second-order valence-electron chi connectivity index (χ2n) is 17.1. The minimum atomic E-state index is -0.751. The van der Waals surface area contributed by atoms with Crippen LogP contribution in [0.2, 0.25) is 0 Å². The Morgan fingerprint density at radius 1 is 0.869 bits per heavy atom. The van der Waals surface area contributed by atoms with Crippen molar-refractivity contribution in [3.8, 4) is 16.9 Å². The number of oxazole rings is 1. The van der Waals surface area contributed by atoms with Gasteiger partial charge in [0.1, 0.15) is 11.7 Å². The van der Waals surface area contributed by atoms with Crippen molar-refractivity contribution in [1.29, 1.82) is 0 Å². The molecule has 3 saturated heterocycles. The minimum Gasteiger partial charge on any atom is -0.408 e. The van der Waals surface area contributed by atoms with Crippen molar-refractivity contribution in [3.63, 3.8) is 0 Å². The topological polar surface area (TPSA) is 165 Å². The van der Waals surface area contributed by atoms with Crippen LogP contribution in [-0.2, 0) is 14.4 Å². The number of aromatic nitrogens is 4. The van der Waals surface area contributed by atoms with Gasteiger partial charge in [-0.1, -0.05) is 24.3 Å². The molecule has 5 aromatic rings. The van der Waals surface area contributed by atoms with Crippen molar-refractivity contribution >= 4 is 34.8 Å². The summed E-state index contributed by atoms with van der Waals surface area (Å²) in [6.07, 6.45) is 11.7. The largest absolute Gasteiger partial charge is 0.420 e. The molecule has 3 aliphatic heterocycles. The molecule has 14 nitrogen and oxygen atoms in total. The van der Waals surface area contributed by atoms with Crippen LogP contribution in [0.3, 0.4) is 0 Å². The molecule has 4 aliphatic rings. The molecule has 1 atom stereocenters. The van der Waals surface area contributed by atoms with E-state index in [-0.39, 0.29) is 47.9 Å². The third-order valence-electron chi connectivity index (χ3n) is 13.4. The van der Waals surface area contributed by atoms with E-state index >= 15 is 0 Å². The molecular weight excluding hydrogens is 780 g/mol. The molecule has 0 spiro atoms. The number of anilines is 1. The van der Waals surface area contributed by atoms with E-state index in [0.29, 0.717) is 40.1 Å². The summed E-state index contributed by atoms with van der Waals surface area (Å²) in [5, 5.41) is 5.71. The summed E-state index contributed by atoms with van der Waals surface area (Å²) in [6.45, 7) is 4.66. The Bertz CT molecular complexity index is 2540. The minimum absolute atomic E-state index is 0.00622. The van der Waals surface area contributed by atoms with E-state index in [9.17, 15) is 28.4 Å². The average molecular weight is 831 g/mol. The predicted octanol–water partition coefficient (Wildman–Crippen LogP) is 5.80. The van der Waals surface area contributed by atoms with E-state index in [1.54, 1.807) is 42.6 Å². The highest BCUT2D eigenvalue weighted by Crippen LogP contribution is 2.34. The number of imide groups is 1. The van der Waals surface area contributed by atoms with Crippen molar-refractivity contribution < 1.29 is 23.2 Å². The van der Waals surface area contributed by atoms with Gasteiger partial charge in [-0.15, -0.1) is 0 Å². The summed E-state index contributed by atoms with van der Waals surface area (Å²) in [4.78, 5) is 76.2. The predicted molar refractivity (Wildman–Crippen MR) is 227 cm³/mol. The summed E-state index contributed by atoms with van der Waals surface area (Å²) < 4.78 is 23.5. The zero-order valence-corrected chi connectivity index (χ0v) is 34.1. The number of amides is 3. The van der Waals surface area contributed by atoms with Crippen LogP contribution in [0.5, 0.6) is 0 Å². The number of carbonyl (C=O) groups is 3. The van der Waals surface area contributed by atoms with Crippen LogP contribution in [0.1, 0.15) is 88.2 Å². The van der Waals surface area contributed by atoms with E-state index in [1.165, 1.54) is 21.4 Å². The van der Waals surface area contributed by atoms with E-state index in [1.807, 2.05) is 18.2 Å². The lowest BCUT2D eigenvalue weighted by Crippen LogP contribution is -2.44. The van der Waals surface area contributed by atoms with Gasteiger partial charge in [0.2, 0.25) is 23.7 Å². The van der Waals surface area contributed by atoms with Gasteiger partial charge in [0, 0.05) is 55.0 Å². The fourth-order valence-electron chi connectivity index (χ4n) is 9.84. The van der Waals surface area contributed by atoms with Crippen LogP contribution in [0, 0.1) is 17.7 Å². The zero-order chi connectivity index (χ0) is 42.0. The SMILES string of the molecule is O=C1CCC(n2c(=O)oc3cc(C4CCN(CCC5CCN(C(=O)[C@H]6CC[C@H](Nc7ncc(F)c(-c8cccc(-n9ccccc9=O)c8)n7)CC6)CC5)CC4)ccc32)C(=O)N1. The van der Waals surface area contributed by atoms with Crippen LogP contribution < -0.4 is 21.9 Å². The number of rotatable bonds is 10. The Morgan fingerprint density at radius 2 is 1.67 bits per heavy atom. The molecule has 3 aromatic heterocycles. The normalized spacial score (nSPS) is 22.0. The smallest absolute Gasteiger partial charge is 0.408 e. The van der Waals surface area contributed by atoms with E-state index < -0.39 is 23.5 Å². The maximum atomic E-state index is 15.0. The number of benzene rings is 2. The summed E-state index contributed by atoms with van der Waals surface area (Å²) >= 11 is 0. The number of piperidine rings is 3. The third kappa shape index (κ3) is 8.79. The molecule has 4 fully saturated rings. The fourth-order valence-corrected chi connectivity index (χ4v) is 9.84. The molecule has 1 saturated carbocycles. The number of nitrogens with one attached hydrogen (secondary N) is 2. The second kappa shape index (κ2) is 17.6. The first kappa shape index (κ1) is 40.4. The van der Waals surface area contributed by atoms with Gasteiger partial charge >= 0.3 is 5.76 Å². The Morgan fingerprint density at radius 3 is 2.44 bits per heavy atom. The highest BCUT2D eigenvalue weighted by molar-refractivity contribution is 6.00. The van der Waals surface area contributed by atoms with Gasteiger partial charge in [0.05, 0.1) is 11.7 Å². The van der Waals surface area contributed by atoms with Gasteiger partial charge in [-0.05, 0) is 132 Å². The van der Waals surface area contributed by atoms with Crippen molar-refractivity contribution in [1.82, 2.24) is 34.2 Å². The molecule has 6 heterocycles. The molecule has 2 aromatic carbocycles.